The quantitative estimate of drug-likeness (QED) is 0.881. The second-order valence-corrected chi connectivity index (χ2v) is 5.80. The highest BCUT2D eigenvalue weighted by atomic mass is 19.1. The number of hydrogen-bond acceptors (Lipinski definition) is 3. The smallest absolute Gasteiger partial charge is 0.266 e. The number of carbonyl (C=O) groups excluding carboxylic acids is 3. The van der Waals surface area contributed by atoms with Gasteiger partial charge in [-0.25, -0.2) is 9.29 Å². The summed E-state index contributed by atoms with van der Waals surface area (Å²) < 4.78 is 13.9. The fourth-order valence-corrected chi connectivity index (χ4v) is 2.45. The minimum atomic E-state index is -0.635. The van der Waals surface area contributed by atoms with E-state index in [0.29, 0.717) is 11.1 Å². The summed E-state index contributed by atoms with van der Waals surface area (Å²) >= 11 is 0. The lowest BCUT2D eigenvalue weighted by Gasteiger charge is -2.16. The maximum Gasteiger partial charge on any atom is 0.266 e. The van der Waals surface area contributed by atoms with Crippen LogP contribution in [0.5, 0.6) is 0 Å². The molecule has 0 saturated heterocycles. The second kappa shape index (κ2) is 5.88. The lowest BCUT2D eigenvalue weighted by Crippen LogP contribution is -2.29. The third-order valence-electron chi connectivity index (χ3n) is 3.78. The summed E-state index contributed by atoms with van der Waals surface area (Å²) in [4.78, 5) is 37.7. The van der Waals surface area contributed by atoms with Gasteiger partial charge in [0.25, 0.3) is 11.8 Å². The molecule has 0 unspecified atom stereocenters. The van der Waals surface area contributed by atoms with E-state index in [-0.39, 0.29) is 23.2 Å². The molecule has 0 aliphatic carbocycles. The molecule has 3 rings (SSSR count). The van der Waals surface area contributed by atoms with Crippen molar-refractivity contribution in [3.8, 4) is 0 Å². The van der Waals surface area contributed by atoms with E-state index >= 15 is 0 Å². The summed E-state index contributed by atoms with van der Waals surface area (Å²) in [6, 6.07) is 10.2. The van der Waals surface area contributed by atoms with Crippen molar-refractivity contribution in [2.75, 3.05) is 10.2 Å². The van der Waals surface area contributed by atoms with Crippen molar-refractivity contribution in [2.45, 2.75) is 13.8 Å². The molecular formula is C18H15FN2O3. The van der Waals surface area contributed by atoms with Gasteiger partial charge in [0.2, 0.25) is 5.91 Å². The van der Waals surface area contributed by atoms with Gasteiger partial charge < -0.3 is 5.32 Å². The Labute approximate surface area is 138 Å². The van der Waals surface area contributed by atoms with E-state index in [4.69, 9.17) is 0 Å². The Morgan fingerprint density at radius 3 is 2.17 bits per heavy atom. The predicted octanol–water partition coefficient (Wildman–Crippen LogP) is 3.22. The van der Waals surface area contributed by atoms with Crippen molar-refractivity contribution < 1.29 is 18.8 Å². The molecule has 0 saturated carbocycles. The second-order valence-electron chi connectivity index (χ2n) is 5.80. The summed E-state index contributed by atoms with van der Waals surface area (Å²) in [6.07, 6.45) is 0. The van der Waals surface area contributed by atoms with Crippen molar-refractivity contribution in [1.29, 1.82) is 0 Å². The van der Waals surface area contributed by atoms with Gasteiger partial charge in [0.15, 0.2) is 0 Å². The molecule has 3 amide bonds. The molecule has 24 heavy (non-hydrogen) atoms. The van der Waals surface area contributed by atoms with E-state index in [1.807, 2.05) is 0 Å². The fraction of sp³-hybridized carbons (Fsp3) is 0.167. The van der Waals surface area contributed by atoms with Crippen LogP contribution in [0.15, 0.2) is 42.5 Å². The topological polar surface area (TPSA) is 66.5 Å². The van der Waals surface area contributed by atoms with Crippen LogP contribution in [0, 0.1) is 11.7 Å². The van der Waals surface area contributed by atoms with Gasteiger partial charge in [0.05, 0.1) is 22.5 Å². The first-order chi connectivity index (χ1) is 11.4. The molecule has 0 radical (unpaired) electrons. The number of anilines is 2. The van der Waals surface area contributed by atoms with Crippen molar-refractivity contribution in [2.24, 2.45) is 5.92 Å². The third-order valence-corrected chi connectivity index (χ3v) is 3.78. The van der Waals surface area contributed by atoms with Gasteiger partial charge >= 0.3 is 0 Å². The lowest BCUT2D eigenvalue weighted by molar-refractivity contribution is -0.118. The van der Waals surface area contributed by atoms with E-state index in [0.717, 1.165) is 11.0 Å². The average Bonchev–Trinajstić information content (AvgIpc) is 2.81. The largest absolute Gasteiger partial charge is 0.323 e. The van der Waals surface area contributed by atoms with Crippen molar-refractivity contribution >= 4 is 29.1 Å². The predicted molar refractivity (Wildman–Crippen MR) is 87.4 cm³/mol. The van der Waals surface area contributed by atoms with E-state index in [9.17, 15) is 18.8 Å². The van der Waals surface area contributed by atoms with Crippen LogP contribution >= 0.6 is 0 Å². The van der Waals surface area contributed by atoms with Crippen LogP contribution in [0.25, 0.3) is 0 Å². The number of rotatable bonds is 3. The van der Waals surface area contributed by atoms with Gasteiger partial charge in [-0.15, -0.1) is 0 Å². The zero-order valence-electron chi connectivity index (χ0n) is 13.2. The molecule has 0 fully saturated rings. The van der Waals surface area contributed by atoms with Crippen molar-refractivity contribution in [1.82, 2.24) is 0 Å². The number of nitrogens with zero attached hydrogens (tertiary/aromatic N) is 1. The number of hydrogen-bond donors (Lipinski definition) is 1. The molecule has 0 aromatic heterocycles. The molecule has 5 nitrogen and oxygen atoms in total. The number of amides is 3. The Morgan fingerprint density at radius 1 is 1.04 bits per heavy atom. The number of nitrogens with one attached hydrogen (secondary N) is 1. The van der Waals surface area contributed by atoms with E-state index in [1.165, 1.54) is 12.1 Å². The Balaban J connectivity index is 1.98. The van der Waals surface area contributed by atoms with E-state index in [1.54, 1.807) is 38.1 Å². The van der Waals surface area contributed by atoms with Gasteiger partial charge in [-0.3, -0.25) is 14.4 Å². The van der Waals surface area contributed by atoms with Gasteiger partial charge in [-0.05, 0) is 30.3 Å². The maximum atomic E-state index is 13.9. The summed E-state index contributed by atoms with van der Waals surface area (Å²) in [6.45, 7) is 3.36. The summed E-state index contributed by atoms with van der Waals surface area (Å²) in [5, 5.41) is 2.46. The Morgan fingerprint density at radius 2 is 1.62 bits per heavy atom. The number of benzene rings is 2. The van der Waals surface area contributed by atoms with Crippen LogP contribution in [0.1, 0.15) is 34.6 Å². The number of halogens is 1. The fourth-order valence-electron chi connectivity index (χ4n) is 2.45. The van der Waals surface area contributed by atoms with Crippen LogP contribution in [0.2, 0.25) is 0 Å². The highest BCUT2D eigenvalue weighted by Gasteiger charge is 2.36. The van der Waals surface area contributed by atoms with Crippen LogP contribution in [-0.2, 0) is 4.79 Å². The number of fused-ring (bicyclic) bond motifs is 1. The van der Waals surface area contributed by atoms with Crippen LogP contribution in [0.4, 0.5) is 15.8 Å². The Bertz CT molecular complexity index is 826. The van der Waals surface area contributed by atoms with Gasteiger partial charge in [-0.2, -0.15) is 0 Å². The summed E-state index contributed by atoms with van der Waals surface area (Å²) in [5.74, 6) is -2.25. The first-order valence-corrected chi connectivity index (χ1v) is 7.48. The molecule has 2 aromatic rings. The zero-order chi connectivity index (χ0) is 17.4. The molecule has 122 valence electrons. The molecule has 0 atom stereocenters. The molecule has 1 aliphatic rings. The molecular weight excluding hydrogens is 311 g/mol. The zero-order valence-corrected chi connectivity index (χ0v) is 13.2. The highest BCUT2D eigenvalue weighted by Crippen LogP contribution is 2.30. The van der Waals surface area contributed by atoms with Crippen LogP contribution in [0.3, 0.4) is 0 Å². The van der Waals surface area contributed by atoms with E-state index < -0.39 is 17.6 Å². The Kier molecular flexibility index (Phi) is 3.89. The van der Waals surface area contributed by atoms with Gasteiger partial charge in [0.1, 0.15) is 5.82 Å². The molecule has 0 bridgehead atoms. The SMILES string of the molecule is CC(C)C(=O)Nc1cc(N2C(=O)c3ccccc3C2=O)ccc1F. The number of imide groups is 1. The summed E-state index contributed by atoms with van der Waals surface area (Å²) in [7, 11) is 0. The highest BCUT2D eigenvalue weighted by molar-refractivity contribution is 6.34. The van der Waals surface area contributed by atoms with Crippen LogP contribution < -0.4 is 10.2 Å². The monoisotopic (exact) mass is 326 g/mol. The standard InChI is InChI=1S/C18H15FN2O3/c1-10(2)16(22)20-15-9-11(7-8-14(15)19)21-17(23)12-5-3-4-6-13(12)18(21)24/h3-10H,1-2H3,(H,20,22). The first-order valence-electron chi connectivity index (χ1n) is 7.48. The molecule has 1 N–H and O–H groups in total. The molecule has 0 spiro atoms. The molecule has 6 heteroatoms. The molecule has 1 aliphatic heterocycles. The van der Waals surface area contributed by atoms with Crippen molar-refractivity contribution in [3.63, 3.8) is 0 Å². The Hall–Kier alpha value is -3.02. The van der Waals surface area contributed by atoms with Crippen molar-refractivity contribution in [3.05, 3.63) is 59.4 Å². The number of carbonyl (C=O) groups is 3. The van der Waals surface area contributed by atoms with Crippen LogP contribution in [-0.4, -0.2) is 17.7 Å². The normalized spacial score (nSPS) is 13.4. The van der Waals surface area contributed by atoms with E-state index in [2.05, 4.69) is 5.32 Å². The third kappa shape index (κ3) is 2.56. The maximum absolute atomic E-state index is 13.9. The first kappa shape index (κ1) is 15.9. The summed E-state index contributed by atoms with van der Waals surface area (Å²) in [5.41, 5.74) is 0.753. The molecule has 2 aromatic carbocycles. The van der Waals surface area contributed by atoms with Gasteiger partial charge in [-0.1, -0.05) is 26.0 Å². The minimum Gasteiger partial charge on any atom is -0.323 e. The average molecular weight is 326 g/mol. The minimum absolute atomic E-state index is 0.0669. The lowest BCUT2D eigenvalue weighted by atomic mass is 10.1. The van der Waals surface area contributed by atoms with Gasteiger partial charge in [0, 0.05) is 5.92 Å². The molecule has 1 heterocycles.